The van der Waals surface area contributed by atoms with Crippen LogP contribution in [-0.4, -0.2) is 61.0 Å². The first-order chi connectivity index (χ1) is 11.3. The van der Waals surface area contributed by atoms with Crippen LogP contribution >= 0.6 is 0 Å². The Kier molecular flexibility index (Phi) is 4.71. The Balaban J connectivity index is 1.85. The molecular formula is C20H31N3O. The molecule has 2 aliphatic heterocycles. The van der Waals surface area contributed by atoms with Gasteiger partial charge in [0.05, 0.1) is 6.54 Å². The first-order valence-electron chi connectivity index (χ1n) is 9.12. The number of aryl methyl sites for hydroxylation is 1. The minimum absolute atomic E-state index is 0.134. The monoisotopic (exact) mass is 329 g/mol. The van der Waals surface area contributed by atoms with Gasteiger partial charge in [-0.25, -0.2) is 0 Å². The summed E-state index contributed by atoms with van der Waals surface area (Å²) in [5.74, 6) is 0.726. The van der Waals surface area contributed by atoms with Crippen molar-refractivity contribution in [2.24, 2.45) is 0 Å². The molecule has 1 amide bonds. The highest BCUT2D eigenvalue weighted by Gasteiger charge is 2.40. The van der Waals surface area contributed by atoms with E-state index >= 15 is 0 Å². The van der Waals surface area contributed by atoms with E-state index < -0.39 is 0 Å². The molecule has 0 unspecified atom stereocenters. The second-order valence-corrected chi connectivity index (χ2v) is 8.29. The van der Waals surface area contributed by atoms with Crippen LogP contribution in [0.15, 0.2) is 18.2 Å². The van der Waals surface area contributed by atoms with E-state index in [9.17, 15) is 4.79 Å². The van der Waals surface area contributed by atoms with Gasteiger partial charge in [0.2, 0.25) is 5.91 Å². The first kappa shape index (κ1) is 17.4. The number of amides is 1. The van der Waals surface area contributed by atoms with Crippen molar-refractivity contribution in [1.82, 2.24) is 9.80 Å². The maximum Gasteiger partial charge on any atom is 0.241 e. The van der Waals surface area contributed by atoms with Crippen LogP contribution in [0.25, 0.3) is 0 Å². The van der Waals surface area contributed by atoms with E-state index in [4.69, 9.17) is 0 Å². The number of rotatable bonds is 2. The molecule has 1 aromatic rings. The summed E-state index contributed by atoms with van der Waals surface area (Å²) in [6.07, 6.45) is 1.01. The van der Waals surface area contributed by atoms with Crippen molar-refractivity contribution < 1.29 is 4.79 Å². The van der Waals surface area contributed by atoms with Gasteiger partial charge in [0.15, 0.2) is 0 Å². The van der Waals surface area contributed by atoms with E-state index in [-0.39, 0.29) is 11.4 Å². The Morgan fingerprint density at radius 3 is 2.54 bits per heavy atom. The molecule has 1 atom stereocenters. The number of fused-ring (bicyclic) bond motifs is 1. The quantitative estimate of drug-likeness (QED) is 0.835. The number of carbonyl (C=O) groups is 1. The average molecular weight is 329 g/mol. The highest BCUT2D eigenvalue weighted by atomic mass is 16.2. The van der Waals surface area contributed by atoms with E-state index in [2.05, 4.69) is 67.6 Å². The van der Waals surface area contributed by atoms with Crippen molar-refractivity contribution in [2.45, 2.75) is 45.6 Å². The molecule has 3 rings (SSSR count). The smallest absolute Gasteiger partial charge is 0.241 e. The van der Waals surface area contributed by atoms with Crippen LogP contribution in [0.5, 0.6) is 0 Å². The fourth-order valence-electron chi connectivity index (χ4n) is 4.29. The zero-order valence-electron chi connectivity index (χ0n) is 15.8. The summed E-state index contributed by atoms with van der Waals surface area (Å²) in [4.78, 5) is 19.9. The van der Waals surface area contributed by atoms with E-state index in [1.54, 1.807) is 0 Å². The Bertz CT molecular complexity index is 617. The standard InChI is InChI=1S/C20H31N3O/c1-15-6-7-18-17(12-15)16(2)13-20(3,4)23(18)19(24)14-22-10-8-21(5)9-11-22/h6-7,12,16H,8-11,13-14H2,1-5H3/t16-/m0/s1. The number of hydrogen-bond donors (Lipinski definition) is 0. The Morgan fingerprint density at radius 1 is 1.21 bits per heavy atom. The molecule has 4 heteroatoms. The predicted molar refractivity (Wildman–Crippen MR) is 99.7 cm³/mol. The van der Waals surface area contributed by atoms with Gasteiger partial charge in [-0.15, -0.1) is 0 Å². The second kappa shape index (κ2) is 6.49. The molecule has 0 aromatic heterocycles. The molecule has 1 aromatic carbocycles. The van der Waals surface area contributed by atoms with E-state index in [0.29, 0.717) is 12.5 Å². The maximum atomic E-state index is 13.2. The third kappa shape index (κ3) is 3.35. The van der Waals surface area contributed by atoms with Crippen molar-refractivity contribution in [3.8, 4) is 0 Å². The number of piperazine rings is 1. The highest BCUT2D eigenvalue weighted by molar-refractivity contribution is 5.97. The van der Waals surface area contributed by atoms with E-state index in [0.717, 1.165) is 38.3 Å². The van der Waals surface area contributed by atoms with Gasteiger partial charge in [0.25, 0.3) is 0 Å². The van der Waals surface area contributed by atoms with Crippen LogP contribution in [0.3, 0.4) is 0 Å². The number of likely N-dealkylation sites (N-methyl/N-ethyl adjacent to an activating group) is 1. The van der Waals surface area contributed by atoms with Crippen LogP contribution in [0.4, 0.5) is 5.69 Å². The van der Waals surface area contributed by atoms with Crippen LogP contribution in [0, 0.1) is 6.92 Å². The SMILES string of the molecule is Cc1ccc2c(c1)[C@@H](C)CC(C)(C)N2C(=O)CN1CCN(C)CC1. The van der Waals surface area contributed by atoms with Crippen molar-refractivity contribution >= 4 is 11.6 Å². The van der Waals surface area contributed by atoms with E-state index in [1.165, 1.54) is 11.1 Å². The number of benzene rings is 1. The van der Waals surface area contributed by atoms with Gasteiger partial charge >= 0.3 is 0 Å². The molecule has 0 aliphatic carbocycles. The summed E-state index contributed by atoms with van der Waals surface area (Å²) >= 11 is 0. The highest BCUT2D eigenvalue weighted by Crippen LogP contribution is 2.43. The number of hydrogen-bond acceptors (Lipinski definition) is 3. The van der Waals surface area contributed by atoms with Gasteiger partial charge in [-0.05, 0) is 51.8 Å². The third-order valence-electron chi connectivity index (χ3n) is 5.57. The molecule has 4 nitrogen and oxygen atoms in total. The van der Waals surface area contributed by atoms with Gasteiger partial charge < -0.3 is 9.80 Å². The van der Waals surface area contributed by atoms with Crippen LogP contribution in [-0.2, 0) is 4.79 Å². The molecule has 0 saturated carbocycles. The van der Waals surface area contributed by atoms with E-state index in [1.807, 2.05) is 0 Å². The third-order valence-corrected chi connectivity index (χ3v) is 5.57. The van der Waals surface area contributed by atoms with Gasteiger partial charge in [0, 0.05) is 37.4 Å². The minimum Gasteiger partial charge on any atom is -0.305 e. The summed E-state index contributed by atoms with van der Waals surface area (Å²) in [7, 11) is 2.15. The predicted octanol–water partition coefficient (Wildman–Crippen LogP) is 2.86. The fraction of sp³-hybridized carbons (Fsp3) is 0.650. The lowest BCUT2D eigenvalue weighted by atomic mass is 9.79. The van der Waals surface area contributed by atoms with Crippen LogP contribution in [0.1, 0.15) is 44.2 Å². The lowest BCUT2D eigenvalue weighted by Crippen LogP contribution is -2.56. The lowest BCUT2D eigenvalue weighted by Gasteiger charge is -2.47. The summed E-state index contributed by atoms with van der Waals surface area (Å²) in [5, 5.41) is 0. The minimum atomic E-state index is -0.134. The molecule has 0 spiro atoms. The Labute approximate surface area is 146 Å². The maximum absolute atomic E-state index is 13.2. The largest absolute Gasteiger partial charge is 0.305 e. The topological polar surface area (TPSA) is 26.8 Å². The van der Waals surface area contributed by atoms with Gasteiger partial charge in [-0.3, -0.25) is 9.69 Å². The molecular weight excluding hydrogens is 298 g/mol. The van der Waals surface area contributed by atoms with Gasteiger partial charge in [0.1, 0.15) is 0 Å². The van der Waals surface area contributed by atoms with Gasteiger partial charge in [-0.2, -0.15) is 0 Å². The number of carbonyl (C=O) groups excluding carboxylic acids is 1. The van der Waals surface area contributed by atoms with Crippen molar-refractivity contribution in [3.05, 3.63) is 29.3 Å². The second-order valence-electron chi connectivity index (χ2n) is 8.29. The molecule has 0 N–H and O–H groups in total. The molecule has 0 radical (unpaired) electrons. The fourth-order valence-corrected chi connectivity index (χ4v) is 4.29. The molecule has 24 heavy (non-hydrogen) atoms. The first-order valence-corrected chi connectivity index (χ1v) is 9.12. The van der Waals surface area contributed by atoms with Gasteiger partial charge in [-0.1, -0.05) is 24.6 Å². The average Bonchev–Trinajstić information content (AvgIpc) is 2.49. The van der Waals surface area contributed by atoms with Crippen molar-refractivity contribution in [3.63, 3.8) is 0 Å². The number of anilines is 1. The molecule has 2 heterocycles. The number of nitrogens with zero attached hydrogens (tertiary/aromatic N) is 3. The summed E-state index contributed by atoms with van der Waals surface area (Å²) < 4.78 is 0. The molecule has 132 valence electrons. The summed E-state index contributed by atoms with van der Waals surface area (Å²) in [5.41, 5.74) is 3.57. The molecule has 2 aliphatic rings. The normalized spacial score (nSPS) is 24.7. The zero-order chi connectivity index (χ0) is 17.5. The van der Waals surface area contributed by atoms with Crippen molar-refractivity contribution in [2.75, 3.05) is 44.7 Å². The molecule has 1 saturated heterocycles. The zero-order valence-corrected chi connectivity index (χ0v) is 15.8. The Morgan fingerprint density at radius 2 is 1.88 bits per heavy atom. The van der Waals surface area contributed by atoms with Crippen LogP contribution in [0.2, 0.25) is 0 Å². The summed E-state index contributed by atoms with van der Waals surface area (Å²) in [6, 6.07) is 6.53. The lowest BCUT2D eigenvalue weighted by molar-refractivity contribution is -0.121. The summed E-state index contributed by atoms with van der Waals surface area (Å²) in [6.45, 7) is 13.4. The Hall–Kier alpha value is -1.39. The van der Waals surface area contributed by atoms with Crippen molar-refractivity contribution in [1.29, 1.82) is 0 Å². The van der Waals surface area contributed by atoms with Crippen LogP contribution < -0.4 is 4.90 Å². The molecule has 0 bridgehead atoms. The molecule has 1 fully saturated rings.